The van der Waals surface area contributed by atoms with Crippen LogP contribution in [0.4, 0.5) is 8.78 Å². The number of benzene rings is 1. The first-order chi connectivity index (χ1) is 12.5. The number of halogens is 2. The minimum Gasteiger partial charge on any atom is -0.340 e. The molecule has 2 aromatic heterocycles. The normalized spacial score (nSPS) is 12.2. The van der Waals surface area contributed by atoms with E-state index >= 15 is 0 Å². The molecule has 1 amide bonds. The fourth-order valence-corrected chi connectivity index (χ4v) is 2.62. The lowest BCUT2D eigenvalue weighted by Crippen LogP contribution is -2.29. The van der Waals surface area contributed by atoms with Crippen LogP contribution in [0.3, 0.4) is 0 Å². The number of alkyl halides is 2. The number of aromatic nitrogens is 3. The third-order valence-corrected chi connectivity index (χ3v) is 4.22. The smallest absolute Gasteiger partial charge is 0.279 e. The van der Waals surface area contributed by atoms with Crippen LogP contribution in [-0.2, 0) is 0 Å². The maximum Gasteiger partial charge on any atom is 0.279 e. The highest BCUT2D eigenvalue weighted by molar-refractivity contribution is 5.92. The second kappa shape index (κ2) is 7.43. The Morgan fingerprint density at radius 1 is 1.12 bits per heavy atom. The van der Waals surface area contributed by atoms with E-state index in [1.54, 1.807) is 18.5 Å². The van der Waals surface area contributed by atoms with E-state index in [-0.39, 0.29) is 11.4 Å². The predicted octanol–water partition coefficient (Wildman–Crippen LogP) is 3.88. The van der Waals surface area contributed by atoms with Gasteiger partial charge in [0.25, 0.3) is 12.3 Å². The molecule has 0 spiro atoms. The van der Waals surface area contributed by atoms with Gasteiger partial charge in [-0.05, 0) is 48.2 Å². The van der Waals surface area contributed by atoms with E-state index in [1.165, 1.54) is 0 Å². The van der Waals surface area contributed by atoms with E-state index in [1.807, 2.05) is 38.1 Å². The Kier molecular flexibility index (Phi) is 5.06. The van der Waals surface area contributed by atoms with Crippen LogP contribution in [-0.4, -0.2) is 21.1 Å². The molecule has 0 bridgehead atoms. The lowest BCUT2D eigenvalue weighted by Gasteiger charge is -2.20. The maximum atomic E-state index is 12.7. The van der Waals surface area contributed by atoms with Gasteiger partial charge in [0.2, 0.25) is 0 Å². The molecule has 2 heterocycles. The van der Waals surface area contributed by atoms with Gasteiger partial charge in [-0.1, -0.05) is 24.3 Å². The summed E-state index contributed by atoms with van der Waals surface area (Å²) in [4.78, 5) is 16.6. The number of rotatable bonds is 5. The van der Waals surface area contributed by atoms with Crippen molar-refractivity contribution in [3.05, 3.63) is 82.4 Å². The third-order valence-electron chi connectivity index (χ3n) is 4.22. The van der Waals surface area contributed by atoms with Crippen molar-refractivity contribution in [3.8, 4) is 0 Å². The number of nitrogens with one attached hydrogen (secondary N) is 2. The Balaban J connectivity index is 1.93. The van der Waals surface area contributed by atoms with Crippen LogP contribution in [0.5, 0.6) is 0 Å². The van der Waals surface area contributed by atoms with Crippen molar-refractivity contribution in [2.24, 2.45) is 0 Å². The van der Waals surface area contributed by atoms with E-state index < -0.39 is 18.4 Å². The first kappa shape index (κ1) is 17.7. The van der Waals surface area contributed by atoms with E-state index in [0.717, 1.165) is 28.3 Å². The molecule has 0 aliphatic heterocycles. The summed E-state index contributed by atoms with van der Waals surface area (Å²) in [5, 5.41) is 8.72. The number of carbonyl (C=O) groups is 1. The largest absolute Gasteiger partial charge is 0.340 e. The van der Waals surface area contributed by atoms with Gasteiger partial charge in [0, 0.05) is 12.4 Å². The highest BCUT2D eigenvalue weighted by atomic mass is 19.3. The molecule has 26 heavy (non-hydrogen) atoms. The lowest BCUT2D eigenvalue weighted by molar-refractivity contribution is 0.0938. The first-order valence-electron chi connectivity index (χ1n) is 8.07. The molecule has 0 aliphatic rings. The van der Waals surface area contributed by atoms with Crippen LogP contribution in [0, 0.1) is 13.8 Å². The van der Waals surface area contributed by atoms with Gasteiger partial charge in [-0.2, -0.15) is 5.10 Å². The van der Waals surface area contributed by atoms with Crippen LogP contribution >= 0.6 is 0 Å². The van der Waals surface area contributed by atoms with Gasteiger partial charge >= 0.3 is 0 Å². The average molecular weight is 356 g/mol. The molecule has 1 aromatic carbocycles. The molecule has 1 atom stereocenters. The molecule has 0 saturated carbocycles. The van der Waals surface area contributed by atoms with Gasteiger partial charge in [-0.25, -0.2) is 8.78 Å². The van der Waals surface area contributed by atoms with Gasteiger partial charge in [-0.15, -0.1) is 0 Å². The number of aryl methyl sites for hydroxylation is 2. The first-order valence-corrected chi connectivity index (χ1v) is 8.07. The SMILES string of the molecule is Cc1ccc(C(NC(=O)c2cc(C(F)F)[nH]n2)c2cccnc2)cc1C. The molecule has 2 N–H and O–H groups in total. The summed E-state index contributed by atoms with van der Waals surface area (Å²) in [7, 11) is 0. The Labute approximate surface area is 149 Å². The number of hydrogen-bond acceptors (Lipinski definition) is 3. The quantitative estimate of drug-likeness (QED) is 0.729. The molecule has 0 radical (unpaired) electrons. The number of aromatic amines is 1. The summed E-state index contributed by atoms with van der Waals surface area (Å²) in [5.41, 5.74) is 3.41. The third kappa shape index (κ3) is 3.77. The molecule has 1 unspecified atom stereocenters. The highest BCUT2D eigenvalue weighted by Crippen LogP contribution is 2.24. The van der Waals surface area contributed by atoms with Crippen LogP contribution < -0.4 is 5.32 Å². The topological polar surface area (TPSA) is 70.7 Å². The monoisotopic (exact) mass is 356 g/mol. The average Bonchev–Trinajstić information content (AvgIpc) is 3.13. The van der Waals surface area contributed by atoms with Crippen molar-refractivity contribution in [2.75, 3.05) is 0 Å². The van der Waals surface area contributed by atoms with Gasteiger partial charge in [-0.3, -0.25) is 14.9 Å². The zero-order valence-corrected chi connectivity index (χ0v) is 14.3. The Morgan fingerprint density at radius 3 is 2.54 bits per heavy atom. The summed E-state index contributed by atoms with van der Waals surface area (Å²) >= 11 is 0. The van der Waals surface area contributed by atoms with E-state index in [2.05, 4.69) is 20.5 Å². The summed E-state index contributed by atoms with van der Waals surface area (Å²) in [6.45, 7) is 4.00. The van der Waals surface area contributed by atoms with Gasteiger partial charge < -0.3 is 5.32 Å². The molecule has 134 valence electrons. The van der Waals surface area contributed by atoms with Crippen LogP contribution in [0.1, 0.15) is 50.9 Å². The molecular formula is C19H18F2N4O. The number of amides is 1. The zero-order chi connectivity index (χ0) is 18.7. The van der Waals surface area contributed by atoms with Crippen molar-refractivity contribution in [1.82, 2.24) is 20.5 Å². The minimum absolute atomic E-state index is 0.0852. The van der Waals surface area contributed by atoms with Crippen LogP contribution in [0.25, 0.3) is 0 Å². The number of carbonyl (C=O) groups excluding carboxylic acids is 1. The van der Waals surface area contributed by atoms with Crippen molar-refractivity contribution < 1.29 is 13.6 Å². The van der Waals surface area contributed by atoms with Gasteiger partial charge in [0.1, 0.15) is 11.4 Å². The second-order valence-corrected chi connectivity index (χ2v) is 6.05. The van der Waals surface area contributed by atoms with Gasteiger partial charge in [0.15, 0.2) is 0 Å². The molecule has 0 saturated heterocycles. The number of nitrogens with zero attached hydrogens (tertiary/aromatic N) is 2. The summed E-state index contributed by atoms with van der Waals surface area (Å²) in [5.74, 6) is -0.541. The zero-order valence-electron chi connectivity index (χ0n) is 14.3. The molecule has 7 heteroatoms. The van der Waals surface area contributed by atoms with E-state index in [4.69, 9.17) is 0 Å². The highest BCUT2D eigenvalue weighted by Gasteiger charge is 2.21. The Bertz CT molecular complexity index is 909. The number of H-pyrrole nitrogens is 1. The predicted molar refractivity (Wildman–Crippen MR) is 93.0 cm³/mol. The standard InChI is InChI=1S/C19H18F2N4O/c1-11-5-6-13(8-12(11)2)17(14-4-3-7-22-10-14)23-19(26)16-9-15(18(20)21)24-25-16/h3-10,17-18H,1-2H3,(H,23,26)(H,24,25). The van der Waals surface area contributed by atoms with E-state index in [9.17, 15) is 13.6 Å². The molecule has 3 aromatic rings. The van der Waals surface area contributed by atoms with Gasteiger partial charge in [0.05, 0.1) is 6.04 Å². The van der Waals surface area contributed by atoms with Crippen LogP contribution in [0.2, 0.25) is 0 Å². The van der Waals surface area contributed by atoms with Crippen molar-refractivity contribution >= 4 is 5.91 Å². The fraction of sp³-hybridized carbons (Fsp3) is 0.211. The Morgan fingerprint density at radius 2 is 1.92 bits per heavy atom. The van der Waals surface area contributed by atoms with E-state index in [0.29, 0.717) is 0 Å². The van der Waals surface area contributed by atoms with Crippen molar-refractivity contribution in [1.29, 1.82) is 0 Å². The summed E-state index contributed by atoms with van der Waals surface area (Å²) in [6.07, 6.45) is 0.596. The summed E-state index contributed by atoms with van der Waals surface area (Å²) in [6, 6.07) is 10.1. The van der Waals surface area contributed by atoms with Crippen molar-refractivity contribution in [2.45, 2.75) is 26.3 Å². The molecule has 0 aliphatic carbocycles. The summed E-state index contributed by atoms with van der Waals surface area (Å²) < 4.78 is 25.4. The van der Waals surface area contributed by atoms with Crippen molar-refractivity contribution in [3.63, 3.8) is 0 Å². The molecule has 3 rings (SSSR count). The maximum absolute atomic E-state index is 12.7. The fourth-order valence-electron chi connectivity index (χ4n) is 2.62. The number of hydrogen-bond donors (Lipinski definition) is 2. The molecule has 0 fully saturated rings. The Hall–Kier alpha value is -3.09. The number of pyridine rings is 1. The molecular weight excluding hydrogens is 338 g/mol. The molecule has 5 nitrogen and oxygen atoms in total. The second-order valence-electron chi connectivity index (χ2n) is 6.05. The minimum atomic E-state index is -2.71. The lowest BCUT2D eigenvalue weighted by atomic mass is 9.96. The van der Waals surface area contributed by atoms with Crippen LogP contribution in [0.15, 0.2) is 48.8 Å².